The van der Waals surface area contributed by atoms with E-state index in [0.717, 1.165) is 21.9 Å². The second-order valence-electron chi connectivity index (χ2n) is 6.42. The number of hydrogen-bond acceptors (Lipinski definition) is 4. The molecule has 0 fully saturated rings. The van der Waals surface area contributed by atoms with Crippen molar-refractivity contribution in [3.63, 3.8) is 0 Å². The Morgan fingerprint density at radius 3 is 2.68 bits per heavy atom. The molecule has 0 radical (unpaired) electrons. The van der Waals surface area contributed by atoms with Gasteiger partial charge in [0.05, 0.1) is 17.8 Å². The minimum Gasteiger partial charge on any atom is -0.495 e. The van der Waals surface area contributed by atoms with Crippen molar-refractivity contribution in [1.29, 1.82) is 0 Å². The number of nitrogens with one attached hydrogen (secondary N) is 1. The molecular weight excluding hydrogens is 378 g/mol. The summed E-state index contributed by atoms with van der Waals surface area (Å²) in [6, 6.07) is 16.8. The average Bonchev–Trinajstić information content (AvgIpc) is 3.05. The molecular formula is C22H18ClNO4. The van der Waals surface area contributed by atoms with Crippen LogP contribution >= 0.6 is 11.6 Å². The quantitative estimate of drug-likeness (QED) is 0.479. The smallest absolute Gasteiger partial charge is 0.262 e. The highest BCUT2D eigenvalue weighted by atomic mass is 35.5. The maximum atomic E-state index is 12.4. The normalized spacial score (nSPS) is 11.0. The van der Waals surface area contributed by atoms with Gasteiger partial charge in [-0.15, -0.1) is 0 Å². The molecule has 1 N–H and O–H groups in total. The predicted molar refractivity (Wildman–Crippen MR) is 111 cm³/mol. The van der Waals surface area contributed by atoms with Crippen molar-refractivity contribution in [2.24, 2.45) is 0 Å². The maximum Gasteiger partial charge on any atom is 0.262 e. The number of rotatable bonds is 5. The molecule has 0 aliphatic carbocycles. The lowest BCUT2D eigenvalue weighted by atomic mass is 10.1. The molecule has 6 heteroatoms. The maximum absolute atomic E-state index is 12.4. The van der Waals surface area contributed by atoms with E-state index in [4.69, 9.17) is 25.5 Å². The topological polar surface area (TPSA) is 60.7 Å². The van der Waals surface area contributed by atoms with Gasteiger partial charge < -0.3 is 19.2 Å². The minimum atomic E-state index is -0.327. The first-order chi connectivity index (χ1) is 13.5. The van der Waals surface area contributed by atoms with E-state index in [1.165, 1.54) is 0 Å². The largest absolute Gasteiger partial charge is 0.495 e. The van der Waals surface area contributed by atoms with Crippen molar-refractivity contribution in [1.82, 2.24) is 0 Å². The van der Waals surface area contributed by atoms with Crippen molar-refractivity contribution in [3.05, 3.63) is 65.2 Å². The number of halogens is 1. The van der Waals surface area contributed by atoms with Gasteiger partial charge >= 0.3 is 0 Å². The van der Waals surface area contributed by atoms with E-state index in [9.17, 15) is 4.79 Å². The van der Waals surface area contributed by atoms with E-state index >= 15 is 0 Å². The second-order valence-corrected chi connectivity index (χ2v) is 6.82. The SMILES string of the molecule is COc1cc2c(cc1NC(=O)COc1cc(C)ccc1Cl)oc1ccccc12. The van der Waals surface area contributed by atoms with Crippen molar-refractivity contribution in [2.75, 3.05) is 19.0 Å². The van der Waals surface area contributed by atoms with E-state index < -0.39 is 0 Å². The lowest BCUT2D eigenvalue weighted by Gasteiger charge is -2.12. The highest BCUT2D eigenvalue weighted by molar-refractivity contribution is 6.32. The van der Waals surface area contributed by atoms with Crippen LogP contribution in [-0.4, -0.2) is 19.6 Å². The van der Waals surface area contributed by atoms with E-state index in [-0.39, 0.29) is 12.5 Å². The van der Waals surface area contributed by atoms with E-state index in [1.807, 2.05) is 43.3 Å². The summed E-state index contributed by atoms with van der Waals surface area (Å²) in [6.07, 6.45) is 0. The standard InChI is InChI=1S/C22H18ClNO4/c1-13-7-8-16(23)20(9-13)27-12-22(25)24-17-11-19-15(10-21(17)26-2)14-5-3-4-6-18(14)28-19/h3-11H,12H2,1-2H3,(H,24,25). The molecule has 28 heavy (non-hydrogen) atoms. The van der Waals surface area contributed by atoms with Crippen LogP contribution in [0.1, 0.15) is 5.56 Å². The van der Waals surface area contributed by atoms with Crippen LogP contribution in [0.4, 0.5) is 5.69 Å². The third-order valence-electron chi connectivity index (χ3n) is 4.42. The number of carbonyl (C=O) groups excluding carboxylic acids is 1. The number of ether oxygens (including phenoxy) is 2. The first-order valence-electron chi connectivity index (χ1n) is 8.73. The van der Waals surface area contributed by atoms with Crippen LogP contribution in [0.3, 0.4) is 0 Å². The van der Waals surface area contributed by atoms with Gasteiger partial charge in [0.2, 0.25) is 0 Å². The number of aryl methyl sites for hydroxylation is 1. The van der Waals surface area contributed by atoms with Crippen LogP contribution in [0.2, 0.25) is 5.02 Å². The van der Waals surface area contributed by atoms with Crippen LogP contribution in [0.25, 0.3) is 21.9 Å². The Balaban J connectivity index is 1.57. The number of anilines is 1. The number of para-hydroxylation sites is 1. The fourth-order valence-corrected chi connectivity index (χ4v) is 3.24. The minimum absolute atomic E-state index is 0.176. The summed E-state index contributed by atoms with van der Waals surface area (Å²) in [6.45, 7) is 1.75. The number of fused-ring (bicyclic) bond motifs is 3. The summed E-state index contributed by atoms with van der Waals surface area (Å²) in [5.41, 5.74) is 2.95. The monoisotopic (exact) mass is 395 g/mol. The Bertz CT molecular complexity index is 1180. The summed E-state index contributed by atoms with van der Waals surface area (Å²) < 4.78 is 16.9. The Labute approximate surface area is 166 Å². The summed E-state index contributed by atoms with van der Waals surface area (Å²) in [4.78, 5) is 12.4. The molecule has 142 valence electrons. The van der Waals surface area contributed by atoms with Crippen molar-refractivity contribution in [2.45, 2.75) is 6.92 Å². The molecule has 0 aliphatic heterocycles. The van der Waals surface area contributed by atoms with Gasteiger partial charge in [0.25, 0.3) is 5.91 Å². The molecule has 0 unspecified atom stereocenters. The molecule has 1 heterocycles. The molecule has 1 amide bonds. The van der Waals surface area contributed by atoms with Crippen LogP contribution in [0.5, 0.6) is 11.5 Å². The van der Waals surface area contributed by atoms with Crippen LogP contribution in [0.15, 0.2) is 59.0 Å². The lowest BCUT2D eigenvalue weighted by molar-refractivity contribution is -0.118. The van der Waals surface area contributed by atoms with Crippen molar-refractivity contribution in [3.8, 4) is 11.5 Å². The molecule has 3 aromatic carbocycles. The first kappa shape index (κ1) is 18.2. The first-order valence-corrected chi connectivity index (χ1v) is 9.11. The van der Waals surface area contributed by atoms with Crippen LogP contribution < -0.4 is 14.8 Å². The molecule has 0 aliphatic rings. The van der Waals surface area contributed by atoms with Gasteiger partial charge in [-0.2, -0.15) is 0 Å². The highest BCUT2D eigenvalue weighted by Crippen LogP contribution is 2.36. The molecule has 4 aromatic rings. The fourth-order valence-electron chi connectivity index (χ4n) is 3.07. The van der Waals surface area contributed by atoms with Crippen LogP contribution in [-0.2, 0) is 4.79 Å². The van der Waals surface area contributed by atoms with Gasteiger partial charge in [-0.25, -0.2) is 0 Å². The molecule has 0 atom stereocenters. The van der Waals surface area contributed by atoms with Crippen molar-refractivity contribution >= 4 is 45.1 Å². The molecule has 0 spiro atoms. The lowest BCUT2D eigenvalue weighted by Crippen LogP contribution is -2.20. The van der Waals surface area contributed by atoms with Gasteiger partial charge in [-0.3, -0.25) is 4.79 Å². The summed E-state index contributed by atoms with van der Waals surface area (Å²) in [5, 5.41) is 5.18. The number of hydrogen-bond donors (Lipinski definition) is 1. The highest BCUT2D eigenvalue weighted by Gasteiger charge is 2.14. The Hall–Kier alpha value is -3.18. The zero-order chi connectivity index (χ0) is 19.7. The van der Waals surface area contributed by atoms with Crippen LogP contribution in [0, 0.1) is 6.92 Å². The second kappa shape index (κ2) is 7.44. The zero-order valence-corrected chi connectivity index (χ0v) is 16.2. The predicted octanol–water partition coefficient (Wildman–Crippen LogP) is 5.57. The number of furan rings is 1. The van der Waals surface area contributed by atoms with Gasteiger partial charge in [0.15, 0.2) is 6.61 Å². The Kier molecular flexibility index (Phi) is 4.84. The summed E-state index contributed by atoms with van der Waals surface area (Å²) >= 11 is 6.10. The number of methoxy groups -OCH3 is 1. The van der Waals surface area contributed by atoms with E-state index in [0.29, 0.717) is 27.8 Å². The van der Waals surface area contributed by atoms with Gasteiger partial charge in [-0.1, -0.05) is 35.9 Å². The third-order valence-corrected chi connectivity index (χ3v) is 4.73. The number of amides is 1. The molecule has 1 aromatic heterocycles. The Morgan fingerprint density at radius 1 is 1.04 bits per heavy atom. The van der Waals surface area contributed by atoms with Gasteiger partial charge in [0, 0.05) is 16.8 Å². The molecule has 5 nitrogen and oxygen atoms in total. The average molecular weight is 396 g/mol. The summed E-state index contributed by atoms with van der Waals surface area (Å²) in [5.74, 6) is 0.684. The van der Waals surface area contributed by atoms with E-state index in [2.05, 4.69) is 5.32 Å². The molecule has 0 bridgehead atoms. The Morgan fingerprint density at radius 2 is 1.86 bits per heavy atom. The third kappa shape index (κ3) is 3.49. The number of carbonyl (C=O) groups is 1. The van der Waals surface area contributed by atoms with Crippen molar-refractivity contribution < 1.29 is 18.7 Å². The zero-order valence-electron chi connectivity index (χ0n) is 15.4. The molecule has 0 saturated heterocycles. The summed E-state index contributed by atoms with van der Waals surface area (Å²) in [7, 11) is 1.56. The number of benzene rings is 3. The van der Waals surface area contributed by atoms with E-state index in [1.54, 1.807) is 25.3 Å². The van der Waals surface area contributed by atoms with Gasteiger partial charge in [-0.05, 0) is 36.8 Å². The fraction of sp³-hybridized carbons (Fsp3) is 0.136. The molecule has 4 rings (SSSR count). The van der Waals surface area contributed by atoms with Gasteiger partial charge in [0.1, 0.15) is 22.7 Å². The molecule has 0 saturated carbocycles.